The molecule has 7 heteroatoms. The lowest BCUT2D eigenvalue weighted by Gasteiger charge is -2.00. The first kappa shape index (κ1) is 15.7. The first-order valence-corrected chi connectivity index (χ1v) is 8.81. The summed E-state index contributed by atoms with van der Waals surface area (Å²) in [5.74, 6) is 0.776. The van der Waals surface area contributed by atoms with Crippen LogP contribution in [0.3, 0.4) is 0 Å². The zero-order valence-electron chi connectivity index (χ0n) is 13.5. The quantitative estimate of drug-likeness (QED) is 0.509. The van der Waals surface area contributed by atoms with Gasteiger partial charge in [0.2, 0.25) is 5.89 Å². The molecule has 2 aromatic heterocycles. The lowest BCUT2D eigenvalue weighted by molar-refractivity contribution is 0.465. The minimum atomic E-state index is -0.354. The molecule has 0 unspecified atom stereocenters. The van der Waals surface area contributed by atoms with E-state index in [4.69, 9.17) is 8.83 Å². The van der Waals surface area contributed by atoms with Crippen LogP contribution < -0.4 is 5.76 Å². The van der Waals surface area contributed by atoms with Crippen molar-refractivity contribution in [3.63, 3.8) is 0 Å². The second kappa shape index (κ2) is 6.60. The zero-order valence-corrected chi connectivity index (χ0v) is 14.3. The van der Waals surface area contributed by atoms with Gasteiger partial charge in [-0.05, 0) is 30.7 Å². The van der Waals surface area contributed by atoms with Crippen LogP contribution >= 0.6 is 11.8 Å². The van der Waals surface area contributed by atoms with Gasteiger partial charge in [-0.15, -0.1) is 10.2 Å². The summed E-state index contributed by atoms with van der Waals surface area (Å²) in [6, 6.07) is 15.2. The molecule has 25 heavy (non-hydrogen) atoms. The largest absolute Gasteiger partial charge is 0.419 e. The fourth-order valence-electron chi connectivity index (χ4n) is 2.64. The van der Waals surface area contributed by atoms with E-state index >= 15 is 0 Å². The number of nitrogens with zero attached hydrogens (tertiary/aromatic N) is 3. The number of fused-ring (bicyclic) bond motifs is 1. The molecule has 0 fully saturated rings. The number of oxazole rings is 1. The third kappa shape index (κ3) is 3.10. The first-order chi connectivity index (χ1) is 12.2. The van der Waals surface area contributed by atoms with E-state index < -0.39 is 0 Å². The molecule has 2 aromatic carbocycles. The maximum absolute atomic E-state index is 11.9. The van der Waals surface area contributed by atoms with Crippen molar-refractivity contribution in [1.82, 2.24) is 14.8 Å². The lowest BCUT2D eigenvalue weighted by atomic mass is 10.1. The highest BCUT2D eigenvalue weighted by atomic mass is 32.2. The van der Waals surface area contributed by atoms with Crippen LogP contribution in [0.5, 0.6) is 0 Å². The Hall–Kier alpha value is -2.80. The van der Waals surface area contributed by atoms with Gasteiger partial charge in [0.05, 0.1) is 5.52 Å². The van der Waals surface area contributed by atoms with Crippen molar-refractivity contribution in [2.24, 2.45) is 0 Å². The van der Waals surface area contributed by atoms with Crippen molar-refractivity contribution < 1.29 is 8.83 Å². The van der Waals surface area contributed by atoms with Crippen LogP contribution in [0.4, 0.5) is 0 Å². The van der Waals surface area contributed by atoms with Gasteiger partial charge in [-0.25, -0.2) is 4.79 Å². The Morgan fingerprint density at radius 2 is 1.84 bits per heavy atom. The molecule has 0 saturated heterocycles. The molecule has 6 nitrogen and oxygen atoms in total. The monoisotopic (exact) mass is 353 g/mol. The summed E-state index contributed by atoms with van der Waals surface area (Å²) in [6.45, 7) is 2.51. The number of para-hydroxylation sites is 2. The van der Waals surface area contributed by atoms with E-state index in [1.807, 2.05) is 49.4 Å². The standard InChI is InChI=1S/C18H15N3O3S/c1-12-6-2-3-7-13(12)16-19-20-17(24-16)25-11-10-21-14-8-4-5-9-15(14)23-18(21)22/h2-9H,10-11H2,1H3. The summed E-state index contributed by atoms with van der Waals surface area (Å²) in [4.78, 5) is 11.9. The average Bonchev–Trinajstić information content (AvgIpc) is 3.20. The van der Waals surface area contributed by atoms with Crippen molar-refractivity contribution in [3.8, 4) is 11.5 Å². The minimum Gasteiger partial charge on any atom is -0.411 e. The third-order valence-electron chi connectivity index (χ3n) is 3.90. The van der Waals surface area contributed by atoms with Crippen molar-refractivity contribution in [1.29, 1.82) is 0 Å². The summed E-state index contributed by atoms with van der Waals surface area (Å²) < 4.78 is 12.6. The maximum atomic E-state index is 11.9. The average molecular weight is 353 g/mol. The van der Waals surface area contributed by atoms with Crippen LogP contribution in [0.1, 0.15) is 5.56 Å². The van der Waals surface area contributed by atoms with Crippen LogP contribution in [0.25, 0.3) is 22.6 Å². The zero-order chi connectivity index (χ0) is 17.2. The second-order valence-electron chi connectivity index (χ2n) is 5.52. The molecule has 0 radical (unpaired) electrons. The van der Waals surface area contributed by atoms with Crippen molar-refractivity contribution in [3.05, 3.63) is 64.6 Å². The predicted octanol–water partition coefficient (Wildman–Crippen LogP) is 3.75. The topological polar surface area (TPSA) is 74.1 Å². The van der Waals surface area contributed by atoms with Gasteiger partial charge < -0.3 is 8.83 Å². The number of rotatable bonds is 5. The van der Waals surface area contributed by atoms with E-state index in [0.717, 1.165) is 16.6 Å². The molecule has 0 aliphatic heterocycles. The smallest absolute Gasteiger partial charge is 0.411 e. The Kier molecular flexibility index (Phi) is 4.15. The van der Waals surface area contributed by atoms with E-state index in [1.165, 1.54) is 11.8 Å². The summed E-state index contributed by atoms with van der Waals surface area (Å²) in [5, 5.41) is 8.66. The van der Waals surface area contributed by atoms with Gasteiger partial charge in [0.1, 0.15) is 0 Å². The van der Waals surface area contributed by atoms with Gasteiger partial charge in [0.15, 0.2) is 5.58 Å². The molecule has 4 rings (SSSR count). The van der Waals surface area contributed by atoms with E-state index in [0.29, 0.717) is 29.0 Å². The van der Waals surface area contributed by atoms with E-state index in [-0.39, 0.29) is 5.76 Å². The Balaban J connectivity index is 1.47. The minimum absolute atomic E-state index is 0.354. The fraction of sp³-hybridized carbons (Fsp3) is 0.167. The van der Waals surface area contributed by atoms with Crippen LogP contribution in [0.15, 0.2) is 67.4 Å². The van der Waals surface area contributed by atoms with Crippen LogP contribution in [0.2, 0.25) is 0 Å². The van der Waals surface area contributed by atoms with Gasteiger partial charge in [-0.1, -0.05) is 42.1 Å². The molecule has 2 heterocycles. The first-order valence-electron chi connectivity index (χ1n) is 7.83. The summed E-state index contributed by atoms with van der Waals surface area (Å²) in [7, 11) is 0. The summed E-state index contributed by atoms with van der Waals surface area (Å²) in [6.07, 6.45) is 0. The molecule has 0 N–H and O–H groups in total. The van der Waals surface area contributed by atoms with Gasteiger partial charge in [-0.2, -0.15) is 0 Å². The highest BCUT2D eigenvalue weighted by Gasteiger charge is 2.12. The highest BCUT2D eigenvalue weighted by Crippen LogP contribution is 2.25. The molecular weight excluding hydrogens is 338 g/mol. The maximum Gasteiger partial charge on any atom is 0.419 e. The Bertz CT molecular complexity index is 1080. The molecule has 0 spiro atoms. The Morgan fingerprint density at radius 1 is 1.04 bits per heavy atom. The number of aryl methyl sites for hydroxylation is 2. The number of thioether (sulfide) groups is 1. The molecule has 4 aromatic rings. The fourth-order valence-corrected chi connectivity index (χ4v) is 3.32. The summed E-state index contributed by atoms with van der Waals surface area (Å²) in [5.41, 5.74) is 3.40. The summed E-state index contributed by atoms with van der Waals surface area (Å²) >= 11 is 1.42. The molecule has 0 atom stereocenters. The van der Waals surface area contributed by atoms with Crippen molar-refractivity contribution >= 4 is 22.9 Å². The van der Waals surface area contributed by atoms with Crippen LogP contribution in [-0.4, -0.2) is 20.5 Å². The Morgan fingerprint density at radius 3 is 2.72 bits per heavy atom. The molecule has 0 saturated carbocycles. The molecule has 0 aliphatic rings. The number of aromatic nitrogens is 3. The molecule has 0 aliphatic carbocycles. The van der Waals surface area contributed by atoms with Crippen molar-refractivity contribution in [2.75, 3.05) is 5.75 Å². The molecule has 0 amide bonds. The van der Waals surface area contributed by atoms with Gasteiger partial charge in [0.25, 0.3) is 5.22 Å². The van der Waals surface area contributed by atoms with E-state index in [9.17, 15) is 4.79 Å². The third-order valence-corrected chi connectivity index (χ3v) is 4.69. The van der Waals surface area contributed by atoms with Gasteiger partial charge in [0, 0.05) is 17.9 Å². The van der Waals surface area contributed by atoms with Crippen LogP contribution in [-0.2, 0) is 6.54 Å². The predicted molar refractivity (Wildman–Crippen MR) is 95.7 cm³/mol. The molecular formula is C18H15N3O3S. The van der Waals surface area contributed by atoms with Crippen LogP contribution in [0, 0.1) is 6.92 Å². The lowest BCUT2D eigenvalue weighted by Crippen LogP contribution is -2.15. The number of hydrogen-bond donors (Lipinski definition) is 0. The molecule has 126 valence electrons. The van der Waals surface area contributed by atoms with Gasteiger partial charge >= 0.3 is 5.76 Å². The highest BCUT2D eigenvalue weighted by molar-refractivity contribution is 7.99. The van der Waals surface area contributed by atoms with Crippen molar-refractivity contribution in [2.45, 2.75) is 18.7 Å². The second-order valence-corrected chi connectivity index (χ2v) is 6.57. The van der Waals surface area contributed by atoms with E-state index in [1.54, 1.807) is 10.6 Å². The van der Waals surface area contributed by atoms with E-state index in [2.05, 4.69) is 10.2 Å². The molecule has 0 bridgehead atoms. The SMILES string of the molecule is Cc1ccccc1-c1nnc(SCCn2c(=O)oc3ccccc32)o1. The van der Waals surface area contributed by atoms with Gasteiger partial charge in [-0.3, -0.25) is 4.57 Å². The number of hydrogen-bond acceptors (Lipinski definition) is 6. The normalized spacial score (nSPS) is 11.2. The Labute approximate surface area is 147 Å². The number of benzene rings is 2.